The van der Waals surface area contributed by atoms with Gasteiger partial charge in [0.15, 0.2) is 0 Å². The summed E-state index contributed by atoms with van der Waals surface area (Å²) in [4.78, 5) is 4.34. The molecule has 2 N–H and O–H groups in total. The van der Waals surface area contributed by atoms with Crippen molar-refractivity contribution in [1.29, 1.82) is 0 Å². The van der Waals surface area contributed by atoms with Crippen LogP contribution in [-0.4, -0.2) is 15.6 Å². The molecule has 0 bridgehead atoms. The fourth-order valence-electron chi connectivity index (χ4n) is 1.45. The van der Waals surface area contributed by atoms with Crippen molar-refractivity contribution in [3.05, 3.63) is 18.2 Å². The van der Waals surface area contributed by atoms with Gasteiger partial charge >= 0.3 is 0 Å². The Balaban J connectivity index is 2.50. The Morgan fingerprint density at radius 3 is 2.79 bits per heavy atom. The van der Waals surface area contributed by atoms with E-state index in [0.717, 1.165) is 25.1 Å². The molecule has 0 aromatic carbocycles. The molecule has 0 radical (unpaired) electrons. The third-order valence-electron chi connectivity index (χ3n) is 2.26. The van der Waals surface area contributed by atoms with Crippen molar-refractivity contribution in [1.82, 2.24) is 9.55 Å². The van der Waals surface area contributed by atoms with Gasteiger partial charge in [0, 0.05) is 25.2 Å². The van der Waals surface area contributed by atoms with Crippen LogP contribution in [0.25, 0.3) is 0 Å². The number of imidazole rings is 1. The van der Waals surface area contributed by atoms with E-state index in [-0.39, 0.29) is 6.04 Å². The molecule has 3 heteroatoms. The quantitative estimate of drug-likeness (QED) is 0.779. The SMILES string of the molecule is CCC(N)Cc1cn(CC(C)C)cn1. The van der Waals surface area contributed by atoms with E-state index in [4.69, 9.17) is 5.73 Å². The van der Waals surface area contributed by atoms with Gasteiger partial charge in [-0.3, -0.25) is 0 Å². The molecule has 3 nitrogen and oxygen atoms in total. The van der Waals surface area contributed by atoms with Crippen LogP contribution in [0.2, 0.25) is 0 Å². The minimum absolute atomic E-state index is 0.248. The van der Waals surface area contributed by atoms with Crippen LogP contribution in [-0.2, 0) is 13.0 Å². The second-order valence-electron chi connectivity index (χ2n) is 4.33. The van der Waals surface area contributed by atoms with Crippen molar-refractivity contribution < 1.29 is 0 Å². The van der Waals surface area contributed by atoms with E-state index in [1.54, 1.807) is 0 Å². The average molecular weight is 195 g/mol. The van der Waals surface area contributed by atoms with Crippen LogP contribution in [0.5, 0.6) is 0 Å². The number of rotatable bonds is 5. The molecule has 1 heterocycles. The molecule has 0 aliphatic carbocycles. The number of nitrogens with two attached hydrogens (primary N) is 1. The largest absolute Gasteiger partial charge is 0.337 e. The Morgan fingerprint density at radius 1 is 1.50 bits per heavy atom. The molecule has 14 heavy (non-hydrogen) atoms. The lowest BCUT2D eigenvalue weighted by molar-refractivity contribution is 0.522. The summed E-state index contributed by atoms with van der Waals surface area (Å²) in [5, 5.41) is 0. The highest BCUT2D eigenvalue weighted by Gasteiger charge is 2.04. The average Bonchev–Trinajstić information content (AvgIpc) is 2.51. The van der Waals surface area contributed by atoms with Gasteiger partial charge in [-0.2, -0.15) is 0 Å². The third-order valence-corrected chi connectivity index (χ3v) is 2.26. The monoisotopic (exact) mass is 195 g/mol. The molecule has 1 aromatic rings. The summed E-state index contributed by atoms with van der Waals surface area (Å²) < 4.78 is 2.14. The maximum Gasteiger partial charge on any atom is 0.0949 e. The summed E-state index contributed by atoms with van der Waals surface area (Å²) in [5.74, 6) is 0.664. The summed E-state index contributed by atoms with van der Waals surface area (Å²) in [6.07, 6.45) is 5.91. The van der Waals surface area contributed by atoms with E-state index in [0.29, 0.717) is 5.92 Å². The predicted octanol–water partition coefficient (Wildman–Crippen LogP) is 1.82. The fraction of sp³-hybridized carbons (Fsp3) is 0.727. The standard InChI is InChI=1S/C11H21N3/c1-4-10(12)5-11-7-14(8-13-11)6-9(2)3/h7-10H,4-6,12H2,1-3H3. The van der Waals surface area contributed by atoms with E-state index in [1.165, 1.54) is 0 Å². The third kappa shape index (κ3) is 3.50. The molecule has 80 valence electrons. The van der Waals surface area contributed by atoms with Gasteiger partial charge in [0.05, 0.1) is 12.0 Å². The van der Waals surface area contributed by atoms with Crippen LogP contribution >= 0.6 is 0 Å². The first-order valence-electron chi connectivity index (χ1n) is 5.38. The summed E-state index contributed by atoms with van der Waals surface area (Å²) in [6.45, 7) is 7.55. The Kier molecular flexibility index (Phi) is 4.14. The normalized spacial score (nSPS) is 13.5. The minimum Gasteiger partial charge on any atom is -0.337 e. The van der Waals surface area contributed by atoms with Crippen molar-refractivity contribution in [2.45, 2.75) is 46.2 Å². The maximum atomic E-state index is 5.87. The Labute approximate surface area is 86.3 Å². The van der Waals surface area contributed by atoms with Gasteiger partial charge in [0.1, 0.15) is 0 Å². The predicted molar refractivity (Wildman–Crippen MR) is 59.0 cm³/mol. The first-order valence-corrected chi connectivity index (χ1v) is 5.38. The highest BCUT2D eigenvalue weighted by molar-refractivity contribution is 4.99. The van der Waals surface area contributed by atoms with E-state index in [9.17, 15) is 0 Å². The van der Waals surface area contributed by atoms with Crippen LogP contribution in [0, 0.1) is 5.92 Å². The highest BCUT2D eigenvalue weighted by atomic mass is 15.0. The van der Waals surface area contributed by atoms with E-state index < -0.39 is 0 Å². The van der Waals surface area contributed by atoms with Gasteiger partial charge in [0.2, 0.25) is 0 Å². The molecule has 0 saturated carbocycles. The number of hydrogen-bond acceptors (Lipinski definition) is 2. The minimum atomic E-state index is 0.248. The summed E-state index contributed by atoms with van der Waals surface area (Å²) in [6, 6.07) is 0.248. The van der Waals surface area contributed by atoms with E-state index in [2.05, 4.69) is 36.5 Å². The molecule has 1 atom stereocenters. The lowest BCUT2D eigenvalue weighted by Crippen LogP contribution is -2.21. The van der Waals surface area contributed by atoms with Crippen molar-refractivity contribution in [3.63, 3.8) is 0 Å². The molecule has 0 saturated heterocycles. The summed E-state index contributed by atoms with van der Waals surface area (Å²) in [7, 11) is 0. The summed E-state index contributed by atoms with van der Waals surface area (Å²) in [5.41, 5.74) is 6.98. The second-order valence-corrected chi connectivity index (χ2v) is 4.33. The number of nitrogens with zero attached hydrogens (tertiary/aromatic N) is 2. The zero-order valence-corrected chi connectivity index (χ0v) is 9.40. The maximum absolute atomic E-state index is 5.87. The highest BCUT2D eigenvalue weighted by Crippen LogP contribution is 2.04. The van der Waals surface area contributed by atoms with Crippen LogP contribution in [0.15, 0.2) is 12.5 Å². The lowest BCUT2D eigenvalue weighted by Gasteiger charge is -2.06. The second kappa shape index (κ2) is 5.15. The van der Waals surface area contributed by atoms with Gasteiger partial charge in [-0.05, 0) is 12.3 Å². The fourth-order valence-corrected chi connectivity index (χ4v) is 1.45. The summed E-state index contributed by atoms with van der Waals surface area (Å²) >= 11 is 0. The van der Waals surface area contributed by atoms with E-state index >= 15 is 0 Å². The Hall–Kier alpha value is -0.830. The first kappa shape index (κ1) is 11.2. The molecule has 0 amide bonds. The first-order chi connectivity index (χ1) is 6.61. The molecule has 0 fully saturated rings. The van der Waals surface area contributed by atoms with Crippen LogP contribution < -0.4 is 5.73 Å². The smallest absolute Gasteiger partial charge is 0.0949 e. The van der Waals surface area contributed by atoms with Crippen molar-refractivity contribution in [2.24, 2.45) is 11.7 Å². The molecule has 0 spiro atoms. The van der Waals surface area contributed by atoms with Crippen LogP contribution in [0.1, 0.15) is 32.9 Å². The van der Waals surface area contributed by atoms with Gasteiger partial charge < -0.3 is 10.3 Å². The van der Waals surface area contributed by atoms with E-state index in [1.807, 2.05) is 6.33 Å². The van der Waals surface area contributed by atoms with Crippen molar-refractivity contribution >= 4 is 0 Å². The van der Waals surface area contributed by atoms with Gasteiger partial charge in [-0.1, -0.05) is 20.8 Å². The van der Waals surface area contributed by atoms with Crippen LogP contribution in [0.4, 0.5) is 0 Å². The molecular formula is C11H21N3. The van der Waals surface area contributed by atoms with Crippen LogP contribution in [0.3, 0.4) is 0 Å². The molecule has 0 aliphatic rings. The number of hydrogen-bond donors (Lipinski definition) is 1. The zero-order chi connectivity index (χ0) is 10.6. The molecular weight excluding hydrogens is 174 g/mol. The van der Waals surface area contributed by atoms with Gasteiger partial charge in [-0.25, -0.2) is 4.98 Å². The van der Waals surface area contributed by atoms with Crippen molar-refractivity contribution in [2.75, 3.05) is 0 Å². The molecule has 0 aliphatic heterocycles. The molecule has 1 aromatic heterocycles. The van der Waals surface area contributed by atoms with Gasteiger partial charge in [0.25, 0.3) is 0 Å². The number of aromatic nitrogens is 2. The van der Waals surface area contributed by atoms with Gasteiger partial charge in [-0.15, -0.1) is 0 Å². The topological polar surface area (TPSA) is 43.8 Å². The Morgan fingerprint density at radius 2 is 2.21 bits per heavy atom. The van der Waals surface area contributed by atoms with Crippen molar-refractivity contribution in [3.8, 4) is 0 Å². The Bertz CT molecular complexity index is 265. The lowest BCUT2D eigenvalue weighted by atomic mass is 10.1. The molecule has 1 rings (SSSR count). The zero-order valence-electron chi connectivity index (χ0n) is 9.40. The molecule has 1 unspecified atom stereocenters.